The number of rotatable bonds is 2. The second-order valence-corrected chi connectivity index (χ2v) is 3.20. The van der Waals surface area contributed by atoms with Gasteiger partial charge in [-0.25, -0.2) is 4.59 Å². The van der Waals surface area contributed by atoms with Gasteiger partial charge in [0.2, 0.25) is 0 Å². The van der Waals surface area contributed by atoms with Gasteiger partial charge < -0.3 is 0 Å². The first-order chi connectivity index (χ1) is 4.33. The second-order valence-electron chi connectivity index (χ2n) is 3.20. The number of quaternary nitrogens is 1. The number of hydrogen-bond donors (Lipinski definition) is 0. The number of hydrogen-bond acceptors (Lipinski definition) is 1. The highest BCUT2D eigenvalue weighted by Gasteiger charge is 2.66. The topological polar surface area (TPSA) is 3.01 Å². The lowest BCUT2D eigenvalue weighted by molar-refractivity contribution is -0.932. The Morgan fingerprint density at radius 2 is 2.33 bits per heavy atom. The van der Waals surface area contributed by atoms with Gasteiger partial charge in [-0.1, -0.05) is 11.9 Å². The molecule has 2 rings (SSSR count). The van der Waals surface area contributed by atoms with Crippen molar-refractivity contribution < 1.29 is 4.59 Å². The number of likely N-dealkylation sites (N-methyl/N-ethyl adjacent to an activating group) is 1. The molecule has 2 fully saturated rings. The highest BCUT2D eigenvalue weighted by Crippen LogP contribution is 2.43. The fourth-order valence-electron chi connectivity index (χ4n) is 2.15. The van der Waals surface area contributed by atoms with Gasteiger partial charge in [-0.05, 0) is 13.3 Å². The minimum atomic E-state index is 0.981. The minimum Gasteiger partial charge on any atom is -0.218 e. The third kappa shape index (κ3) is 0.485. The summed E-state index contributed by atoms with van der Waals surface area (Å²) >= 11 is 0. The molecule has 52 valence electrons. The van der Waals surface area contributed by atoms with Crippen molar-refractivity contribution in [2.75, 3.05) is 19.8 Å². The molecule has 3 atom stereocenters. The standard InChI is InChI=1S/C7H15N2/c1-3-7-5-8-6-9(7,8)4-2/h7H,3-6H2,1-2H3/q+1. The zero-order valence-corrected chi connectivity index (χ0v) is 6.30. The van der Waals surface area contributed by atoms with Crippen molar-refractivity contribution >= 4 is 0 Å². The molecule has 0 N–H and O–H groups in total. The highest BCUT2D eigenvalue weighted by molar-refractivity contribution is 4.77. The maximum absolute atomic E-state index is 2.54. The predicted octanol–water partition coefficient (Wildman–Crippen LogP) is 0.803. The van der Waals surface area contributed by atoms with E-state index in [1.807, 2.05) is 0 Å². The van der Waals surface area contributed by atoms with Crippen LogP contribution in [0.4, 0.5) is 0 Å². The summed E-state index contributed by atoms with van der Waals surface area (Å²) in [6, 6.07) is 0.981. The average Bonchev–Trinajstić information content (AvgIpc) is 2.41. The first kappa shape index (κ1) is 5.69. The van der Waals surface area contributed by atoms with Gasteiger partial charge in [0.1, 0.15) is 12.6 Å². The lowest BCUT2D eigenvalue weighted by Gasteiger charge is -2.34. The summed E-state index contributed by atoms with van der Waals surface area (Å²) in [5.41, 5.74) is 0. The maximum atomic E-state index is 2.54. The van der Waals surface area contributed by atoms with Crippen molar-refractivity contribution in [1.82, 2.24) is 5.01 Å². The molecule has 0 radical (unpaired) electrons. The van der Waals surface area contributed by atoms with Crippen molar-refractivity contribution in [3.8, 4) is 0 Å². The predicted molar refractivity (Wildman–Crippen MR) is 36.5 cm³/mol. The third-order valence-corrected chi connectivity index (χ3v) is 3.01. The van der Waals surface area contributed by atoms with E-state index >= 15 is 0 Å². The first-order valence-corrected chi connectivity index (χ1v) is 3.95. The normalized spacial score (nSPS) is 54.0. The molecule has 0 bridgehead atoms. The fraction of sp³-hybridized carbons (Fsp3) is 1.00. The largest absolute Gasteiger partial charge is 0.218 e. The zero-order chi connectivity index (χ0) is 6.48. The molecule has 0 aromatic carbocycles. The molecule has 0 spiro atoms. The average molecular weight is 127 g/mol. The molecule has 0 aromatic heterocycles. The molecule has 0 amide bonds. The molecule has 2 nitrogen and oxygen atoms in total. The van der Waals surface area contributed by atoms with Gasteiger partial charge in [-0.3, -0.25) is 0 Å². The Morgan fingerprint density at radius 1 is 1.56 bits per heavy atom. The van der Waals surface area contributed by atoms with Crippen LogP contribution in [-0.2, 0) is 0 Å². The second kappa shape index (κ2) is 1.50. The Balaban J connectivity index is 2.01. The number of fused-ring (bicyclic) bond motifs is 1. The highest BCUT2D eigenvalue weighted by atomic mass is 16.0. The molecule has 9 heavy (non-hydrogen) atoms. The van der Waals surface area contributed by atoms with Gasteiger partial charge in [-0.15, -0.1) is 0 Å². The Morgan fingerprint density at radius 3 is 2.56 bits per heavy atom. The quantitative estimate of drug-likeness (QED) is 0.392. The molecule has 2 aliphatic rings. The monoisotopic (exact) mass is 127 g/mol. The Kier molecular flexibility index (Phi) is 0.945. The molecule has 0 saturated carbocycles. The van der Waals surface area contributed by atoms with E-state index in [1.54, 1.807) is 0 Å². The van der Waals surface area contributed by atoms with E-state index in [1.165, 1.54) is 30.8 Å². The van der Waals surface area contributed by atoms with Gasteiger partial charge in [-0.2, -0.15) is 0 Å². The maximum Gasteiger partial charge on any atom is 0.196 e. The summed E-state index contributed by atoms with van der Waals surface area (Å²) in [6.45, 7) is 8.62. The smallest absolute Gasteiger partial charge is 0.196 e. The molecule has 2 aliphatic heterocycles. The van der Waals surface area contributed by atoms with Gasteiger partial charge in [0.25, 0.3) is 0 Å². The van der Waals surface area contributed by atoms with Crippen LogP contribution < -0.4 is 0 Å². The molecular weight excluding hydrogens is 112 g/mol. The first-order valence-electron chi connectivity index (χ1n) is 3.95. The molecule has 2 heterocycles. The molecular formula is C7H15N2+. The third-order valence-electron chi connectivity index (χ3n) is 3.01. The van der Waals surface area contributed by atoms with Crippen molar-refractivity contribution in [2.45, 2.75) is 26.3 Å². The zero-order valence-electron chi connectivity index (χ0n) is 6.30. The lowest BCUT2D eigenvalue weighted by Crippen LogP contribution is -2.54. The van der Waals surface area contributed by atoms with E-state index in [-0.39, 0.29) is 0 Å². The van der Waals surface area contributed by atoms with E-state index in [2.05, 4.69) is 18.9 Å². The van der Waals surface area contributed by atoms with Crippen LogP contribution in [0.5, 0.6) is 0 Å². The van der Waals surface area contributed by atoms with Crippen LogP contribution in [0.25, 0.3) is 0 Å². The van der Waals surface area contributed by atoms with Crippen LogP contribution in [0.15, 0.2) is 0 Å². The SMILES string of the molecule is CCC1CN2C[N+]12CC. The van der Waals surface area contributed by atoms with E-state index < -0.39 is 0 Å². The van der Waals surface area contributed by atoms with Crippen LogP contribution in [0.1, 0.15) is 20.3 Å². The summed E-state index contributed by atoms with van der Waals surface area (Å²) in [7, 11) is 0. The van der Waals surface area contributed by atoms with Gasteiger partial charge in [0, 0.05) is 0 Å². The van der Waals surface area contributed by atoms with Crippen molar-refractivity contribution in [3.63, 3.8) is 0 Å². The van der Waals surface area contributed by atoms with Gasteiger partial charge in [0.15, 0.2) is 6.67 Å². The molecule has 3 unspecified atom stereocenters. The van der Waals surface area contributed by atoms with Crippen LogP contribution in [-0.4, -0.2) is 35.4 Å². The summed E-state index contributed by atoms with van der Waals surface area (Å²) in [6.07, 6.45) is 1.37. The van der Waals surface area contributed by atoms with Crippen LogP contribution in [0.2, 0.25) is 0 Å². The lowest BCUT2D eigenvalue weighted by atomic mass is 10.1. The fourth-order valence-corrected chi connectivity index (χ4v) is 2.15. The van der Waals surface area contributed by atoms with E-state index in [4.69, 9.17) is 0 Å². The van der Waals surface area contributed by atoms with Gasteiger partial charge in [0.05, 0.1) is 6.54 Å². The number of nitrogens with zero attached hydrogens (tertiary/aromatic N) is 2. The molecule has 0 aromatic rings. The molecule has 2 saturated heterocycles. The minimum absolute atomic E-state index is 0.981. The van der Waals surface area contributed by atoms with E-state index in [9.17, 15) is 0 Å². The van der Waals surface area contributed by atoms with E-state index in [0.29, 0.717) is 0 Å². The summed E-state index contributed by atoms with van der Waals surface area (Å²) < 4.78 is 1.33. The van der Waals surface area contributed by atoms with Gasteiger partial charge >= 0.3 is 0 Å². The van der Waals surface area contributed by atoms with Crippen molar-refractivity contribution in [2.24, 2.45) is 0 Å². The molecule has 0 aliphatic carbocycles. The summed E-state index contributed by atoms with van der Waals surface area (Å²) in [5.74, 6) is 0. The molecule has 2 heteroatoms. The van der Waals surface area contributed by atoms with Crippen LogP contribution in [0.3, 0.4) is 0 Å². The van der Waals surface area contributed by atoms with E-state index in [0.717, 1.165) is 6.04 Å². The van der Waals surface area contributed by atoms with Crippen molar-refractivity contribution in [1.29, 1.82) is 0 Å². The van der Waals surface area contributed by atoms with Crippen LogP contribution in [0, 0.1) is 0 Å². The van der Waals surface area contributed by atoms with Crippen LogP contribution >= 0.6 is 0 Å². The summed E-state index contributed by atoms with van der Waals surface area (Å²) in [5, 5.41) is 2.54. The van der Waals surface area contributed by atoms with Crippen molar-refractivity contribution in [3.05, 3.63) is 0 Å². The Labute approximate surface area is 56.6 Å². The Hall–Kier alpha value is -0.0800. The Bertz CT molecular complexity index is 129. The summed E-state index contributed by atoms with van der Waals surface area (Å²) in [4.78, 5) is 0.